The van der Waals surface area contributed by atoms with E-state index < -0.39 is 0 Å². The first-order valence-electron chi connectivity index (χ1n) is 15.9. The molecule has 4 aromatic carbocycles. The maximum absolute atomic E-state index is 6.55. The standard InChI is InChI=1S/C41H34BNO/c1-23-19-32(41-33(20-23)39-25(3)26-12-5-6-13-27(26)29-15-10-16-34(42-41)40(29)39)30-21-31-28-14-7-9-18-37(28)44-38(31)22-36(30)43-35-17-8-4-11-24(35)2/h4-8,10-17,19-21,36,39,42-43H,3,9,18,22H2,1-2H3. The fourth-order valence-corrected chi connectivity index (χ4v) is 8.28. The van der Waals surface area contributed by atoms with Crippen LogP contribution in [0.2, 0.25) is 0 Å². The molecule has 1 N–H and O–H groups in total. The largest absolute Gasteiger partial charge is 0.465 e. The average molecular weight is 568 g/mol. The molecule has 1 aliphatic heterocycles. The van der Waals surface area contributed by atoms with Gasteiger partial charge in [-0.25, -0.2) is 0 Å². The third kappa shape index (κ3) is 3.75. The third-order valence-corrected chi connectivity index (χ3v) is 10.3. The Kier molecular flexibility index (Phi) is 5.63. The molecule has 2 unspecified atom stereocenters. The van der Waals surface area contributed by atoms with E-state index in [1.54, 1.807) is 0 Å². The molecule has 3 aliphatic carbocycles. The highest BCUT2D eigenvalue weighted by atomic mass is 16.3. The van der Waals surface area contributed by atoms with Crippen LogP contribution >= 0.6 is 0 Å². The third-order valence-electron chi connectivity index (χ3n) is 10.3. The predicted octanol–water partition coefficient (Wildman–Crippen LogP) is 7.96. The molecule has 0 radical (unpaired) electrons. The zero-order valence-corrected chi connectivity index (χ0v) is 25.3. The molecule has 44 heavy (non-hydrogen) atoms. The average Bonchev–Trinajstić information content (AvgIpc) is 3.41. The molecule has 0 bridgehead atoms. The van der Waals surface area contributed by atoms with E-state index in [9.17, 15) is 0 Å². The Morgan fingerprint density at radius 1 is 0.841 bits per heavy atom. The molecule has 2 nitrogen and oxygen atoms in total. The van der Waals surface area contributed by atoms with Crippen molar-refractivity contribution in [3.8, 4) is 11.1 Å². The van der Waals surface area contributed by atoms with Crippen LogP contribution in [-0.4, -0.2) is 13.3 Å². The van der Waals surface area contributed by atoms with Gasteiger partial charge in [-0.3, -0.25) is 0 Å². The van der Waals surface area contributed by atoms with Crippen LogP contribution in [0.5, 0.6) is 0 Å². The molecule has 0 spiro atoms. The number of allylic oxidation sites excluding steroid dienone is 2. The molecule has 0 fully saturated rings. The molecule has 5 aromatic rings. The van der Waals surface area contributed by atoms with E-state index in [1.807, 2.05) is 0 Å². The fourth-order valence-electron chi connectivity index (χ4n) is 8.28. The number of anilines is 1. The summed E-state index contributed by atoms with van der Waals surface area (Å²) in [5, 5.41) is 3.97. The quantitative estimate of drug-likeness (QED) is 0.224. The van der Waals surface area contributed by atoms with Gasteiger partial charge in [-0.05, 0) is 82.5 Å². The van der Waals surface area contributed by atoms with Crippen LogP contribution < -0.4 is 16.2 Å². The lowest BCUT2D eigenvalue weighted by molar-refractivity contribution is 0.459. The summed E-state index contributed by atoms with van der Waals surface area (Å²) >= 11 is 0. The van der Waals surface area contributed by atoms with E-state index in [0.717, 1.165) is 38.1 Å². The minimum absolute atomic E-state index is 0.0918. The Balaban J connectivity index is 1.26. The Morgan fingerprint density at radius 2 is 1.66 bits per heavy atom. The van der Waals surface area contributed by atoms with Crippen LogP contribution in [0, 0.1) is 13.8 Å². The van der Waals surface area contributed by atoms with Gasteiger partial charge < -0.3 is 9.73 Å². The second kappa shape index (κ2) is 9.62. The van der Waals surface area contributed by atoms with Crippen LogP contribution in [0.3, 0.4) is 0 Å². The monoisotopic (exact) mass is 567 g/mol. The van der Waals surface area contributed by atoms with Gasteiger partial charge >= 0.3 is 0 Å². The van der Waals surface area contributed by atoms with Gasteiger partial charge in [0.2, 0.25) is 0 Å². The number of benzene rings is 4. The van der Waals surface area contributed by atoms with E-state index in [0.29, 0.717) is 0 Å². The molecule has 0 amide bonds. The number of hydrogen-bond acceptors (Lipinski definition) is 2. The summed E-state index contributed by atoms with van der Waals surface area (Å²) < 4.78 is 6.55. The molecule has 2 atom stereocenters. The molecule has 1 aromatic heterocycles. The smallest absolute Gasteiger partial charge is 0.193 e. The Bertz CT molecular complexity index is 2110. The molecule has 3 heteroatoms. The summed E-state index contributed by atoms with van der Waals surface area (Å²) in [5.74, 6) is 2.39. The van der Waals surface area contributed by atoms with Crippen molar-refractivity contribution in [2.45, 2.75) is 45.1 Å². The lowest BCUT2D eigenvalue weighted by Crippen LogP contribution is -2.44. The number of hydrogen-bond donors (Lipinski definition) is 1. The highest BCUT2D eigenvalue weighted by molar-refractivity contribution is 6.70. The van der Waals surface area contributed by atoms with E-state index >= 15 is 0 Å². The maximum atomic E-state index is 6.55. The van der Waals surface area contributed by atoms with Crippen molar-refractivity contribution < 1.29 is 4.42 Å². The van der Waals surface area contributed by atoms with E-state index in [1.165, 1.54) is 83.4 Å². The Hall–Kier alpha value is -4.76. The first-order valence-corrected chi connectivity index (χ1v) is 15.9. The van der Waals surface area contributed by atoms with Crippen molar-refractivity contribution >= 4 is 47.2 Å². The Morgan fingerprint density at radius 3 is 2.55 bits per heavy atom. The molecule has 0 saturated carbocycles. The minimum atomic E-state index is 0.0918. The Labute approximate surface area is 260 Å². The van der Waals surface area contributed by atoms with Crippen molar-refractivity contribution in [2.24, 2.45) is 0 Å². The molecular weight excluding hydrogens is 533 g/mol. The molecular formula is C41H34BNO. The topological polar surface area (TPSA) is 25.2 Å². The summed E-state index contributed by atoms with van der Waals surface area (Å²) in [4.78, 5) is 0. The molecule has 212 valence electrons. The van der Waals surface area contributed by atoms with Gasteiger partial charge in [0.15, 0.2) is 7.28 Å². The number of para-hydroxylation sites is 1. The van der Waals surface area contributed by atoms with Crippen molar-refractivity contribution in [1.82, 2.24) is 0 Å². The van der Waals surface area contributed by atoms with Crippen molar-refractivity contribution in [3.63, 3.8) is 0 Å². The van der Waals surface area contributed by atoms with Gasteiger partial charge in [0.25, 0.3) is 0 Å². The van der Waals surface area contributed by atoms with Crippen LogP contribution in [0.1, 0.15) is 68.4 Å². The van der Waals surface area contributed by atoms with Crippen LogP contribution in [0.4, 0.5) is 5.69 Å². The number of aryl methyl sites for hydroxylation is 3. The SMILES string of the molecule is C=C1c2ccccc2-c2cccc3c2C1c1cc(C)cc(C2=Cc4c(oc5c4C=CCC5)CC2Nc2ccccc2C)c1B3. The second-order valence-corrected chi connectivity index (χ2v) is 13.0. The summed E-state index contributed by atoms with van der Waals surface area (Å²) in [6.07, 6.45) is 9.85. The zero-order valence-electron chi connectivity index (χ0n) is 25.3. The first-order chi connectivity index (χ1) is 21.5. The van der Waals surface area contributed by atoms with Gasteiger partial charge in [-0.15, -0.1) is 0 Å². The highest BCUT2D eigenvalue weighted by Crippen LogP contribution is 2.49. The van der Waals surface area contributed by atoms with E-state index in [4.69, 9.17) is 11.0 Å². The van der Waals surface area contributed by atoms with Crippen LogP contribution in [-0.2, 0) is 12.8 Å². The van der Waals surface area contributed by atoms with Gasteiger partial charge in [0.1, 0.15) is 11.5 Å². The summed E-state index contributed by atoms with van der Waals surface area (Å²) in [6, 6.07) is 29.3. The fraction of sp³-hybridized carbons (Fsp3) is 0.171. The normalized spacial score (nSPS) is 18.7. The number of nitrogens with one attached hydrogen (secondary N) is 1. The maximum Gasteiger partial charge on any atom is 0.193 e. The predicted molar refractivity (Wildman–Crippen MR) is 187 cm³/mol. The second-order valence-electron chi connectivity index (χ2n) is 13.0. The zero-order chi connectivity index (χ0) is 29.5. The molecule has 2 heterocycles. The lowest BCUT2D eigenvalue weighted by Gasteiger charge is -2.38. The van der Waals surface area contributed by atoms with Crippen LogP contribution in [0.15, 0.2) is 95.9 Å². The van der Waals surface area contributed by atoms with Gasteiger partial charge in [0, 0.05) is 35.6 Å². The first kappa shape index (κ1) is 25.7. The van der Waals surface area contributed by atoms with Crippen molar-refractivity contribution in [2.75, 3.05) is 5.32 Å². The van der Waals surface area contributed by atoms with Crippen molar-refractivity contribution in [1.29, 1.82) is 0 Å². The number of rotatable bonds is 3. The van der Waals surface area contributed by atoms with Gasteiger partial charge in [-0.2, -0.15) is 0 Å². The van der Waals surface area contributed by atoms with Gasteiger partial charge in [-0.1, -0.05) is 108 Å². The van der Waals surface area contributed by atoms with Crippen LogP contribution in [0.25, 0.3) is 34.4 Å². The molecule has 0 saturated heterocycles. The summed E-state index contributed by atoms with van der Waals surface area (Å²) in [5.41, 5.74) is 19.8. The number of fused-ring (bicyclic) bond motifs is 7. The summed E-state index contributed by atoms with van der Waals surface area (Å²) in [7, 11) is 0.921. The van der Waals surface area contributed by atoms with Crippen molar-refractivity contribution in [3.05, 3.63) is 148 Å². The van der Waals surface area contributed by atoms with Gasteiger partial charge in [0.05, 0.1) is 6.04 Å². The van der Waals surface area contributed by atoms with E-state index in [2.05, 4.69) is 116 Å². The molecule has 9 rings (SSSR count). The highest BCUT2D eigenvalue weighted by Gasteiger charge is 2.38. The molecule has 4 aliphatic rings. The lowest BCUT2D eigenvalue weighted by atomic mass is 9.49. The van der Waals surface area contributed by atoms with E-state index in [-0.39, 0.29) is 12.0 Å². The summed E-state index contributed by atoms with van der Waals surface area (Å²) in [6.45, 7) is 9.20. The minimum Gasteiger partial charge on any atom is -0.465 e. The number of furan rings is 1.